The molecular formula is C12H13N3O. The Labute approximate surface area is 93.6 Å². The quantitative estimate of drug-likeness (QED) is 0.775. The van der Waals surface area contributed by atoms with Gasteiger partial charge in [-0.25, -0.2) is 0 Å². The van der Waals surface area contributed by atoms with Crippen LogP contribution in [0.25, 0.3) is 10.9 Å². The second-order valence-electron chi connectivity index (χ2n) is 3.97. The number of nitrogens with two attached hydrogens (primary N) is 1. The lowest BCUT2D eigenvalue weighted by Gasteiger charge is -2.33. The van der Waals surface area contributed by atoms with Crippen molar-refractivity contribution in [2.45, 2.75) is 6.42 Å². The van der Waals surface area contributed by atoms with E-state index in [2.05, 4.69) is 22.0 Å². The van der Waals surface area contributed by atoms with E-state index in [4.69, 9.17) is 10.7 Å². The van der Waals surface area contributed by atoms with E-state index >= 15 is 0 Å². The minimum atomic E-state index is 0.673. The van der Waals surface area contributed by atoms with E-state index in [9.17, 15) is 0 Å². The number of aromatic nitrogens is 1. The van der Waals surface area contributed by atoms with Crippen LogP contribution in [-0.2, 0) is 0 Å². The van der Waals surface area contributed by atoms with Crippen molar-refractivity contribution in [2.75, 3.05) is 18.0 Å². The Morgan fingerprint density at radius 2 is 2.12 bits per heavy atom. The molecule has 0 unspecified atom stereocenters. The molecule has 2 heterocycles. The molecule has 0 bridgehead atoms. The van der Waals surface area contributed by atoms with Crippen LogP contribution in [0, 0.1) is 0 Å². The first-order valence-electron chi connectivity index (χ1n) is 5.39. The highest BCUT2D eigenvalue weighted by Gasteiger charge is 2.15. The predicted octanol–water partition coefficient (Wildman–Crippen LogP) is 1.70. The topological polar surface area (TPSA) is 51.4 Å². The Morgan fingerprint density at radius 3 is 2.81 bits per heavy atom. The molecule has 1 aliphatic rings. The molecule has 4 nitrogen and oxygen atoms in total. The Balaban J connectivity index is 2.14. The van der Waals surface area contributed by atoms with Gasteiger partial charge in [-0.1, -0.05) is 0 Å². The summed E-state index contributed by atoms with van der Waals surface area (Å²) in [4.78, 5) is 11.5. The van der Waals surface area contributed by atoms with Crippen LogP contribution in [0.15, 0.2) is 30.5 Å². The standard InChI is InChI=1S/C12H13N3O/c13-16-12-4-5-14-11-3-2-9(8-10(11)12)15-6-1-7-15/h2-5,8H,1,6-7,13H2. The molecule has 0 radical (unpaired) electrons. The van der Waals surface area contributed by atoms with Gasteiger partial charge in [0, 0.05) is 36.4 Å². The zero-order valence-corrected chi connectivity index (χ0v) is 8.89. The van der Waals surface area contributed by atoms with Crippen LogP contribution in [0.5, 0.6) is 5.75 Å². The second kappa shape index (κ2) is 3.64. The molecule has 3 rings (SSSR count). The first-order chi connectivity index (χ1) is 7.88. The van der Waals surface area contributed by atoms with E-state index < -0.39 is 0 Å². The molecule has 1 aromatic heterocycles. The minimum absolute atomic E-state index is 0.673. The molecule has 0 amide bonds. The van der Waals surface area contributed by atoms with Crippen molar-refractivity contribution >= 4 is 16.6 Å². The van der Waals surface area contributed by atoms with Crippen LogP contribution in [-0.4, -0.2) is 18.1 Å². The third kappa shape index (κ3) is 1.39. The molecule has 0 saturated carbocycles. The van der Waals surface area contributed by atoms with Crippen LogP contribution in [0.3, 0.4) is 0 Å². The van der Waals surface area contributed by atoms with Gasteiger partial charge in [0.05, 0.1) is 5.52 Å². The summed E-state index contributed by atoms with van der Waals surface area (Å²) < 4.78 is 0. The number of hydrogen-bond acceptors (Lipinski definition) is 4. The number of fused-ring (bicyclic) bond motifs is 1. The normalized spacial score (nSPS) is 14.9. The maximum atomic E-state index is 5.25. The van der Waals surface area contributed by atoms with Gasteiger partial charge in [-0.3, -0.25) is 4.98 Å². The number of nitrogens with zero attached hydrogens (tertiary/aromatic N) is 2. The van der Waals surface area contributed by atoms with Crippen molar-refractivity contribution in [3.8, 4) is 5.75 Å². The summed E-state index contributed by atoms with van der Waals surface area (Å²) in [5, 5.41) is 0.967. The lowest BCUT2D eigenvalue weighted by molar-refractivity contribution is 0.338. The largest absolute Gasteiger partial charge is 0.411 e. The molecule has 1 aliphatic heterocycles. The maximum absolute atomic E-state index is 5.25. The summed E-state index contributed by atoms with van der Waals surface area (Å²) in [5.74, 6) is 5.92. The van der Waals surface area contributed by atoms with Gasteiger partial charge in [0.2, 0.25) is 0 Å². The molecule has 1 saturated heterocycles. The van der Waals surface area contributed by atoms with E-state index in [1.165, 1.54) is 12.1 Å². The molecule has 2 aromatic rings. The first kappa shape index (κ1) is 9.42. The number of pyridine rings is 1. The Bertz CT molecular complexity index is 523. The second-order valence-corrected chi connectivity index (χ2v) is 3.97. The van der Waals surface area contributed by atoms with Gasteiger partial charge in [0.25, 0.3) is 0 Å². The Morgan fingerprint density at radius 1 is 1.25 bits per heavy atom. The van der Waals surface area contributed by atoms with Crippen molar-refractivity contribution < 1.29 is 4.84 Å². The molecule has 0 atom stereocenters. The maximum Gasteiger partial charge on any atom is 0.157 e. The first-order valence-corrected chi connectivity index (χ1v) is 5.39. The molecule has 0 spiro atoms. The summed E-state index contributed by atoms with van der Waals surface area (Å²) in [6.45, 7) is 2.26. The van der Waals surface area contributed by atoms with Crippen molar-refractivity contribution in [2.24, 2.45) is 5.90 Å². The molecule has 0 aliphatic carbocycles. The fraction of sp³-hybridized carbons (Fsp3) is 0.250. The number of anilines is 1. The highest BCUT2D eigenvalue weighted by Crippen LogP contribution is 2.29. The summed E-state index contributed by atoms with van der Waals surface area (Å²) in [5.41, 5.74) is 2.12. The molecule has 2 N–H and O–H groups in total. The molecule has 4 heteroatoms. The zero-order chi connectivity index (χ0) is 11.0. The van der Waals surface area contributed by atoms with E-state index in [1.54, 1.807) is 12.3 Å². The molecule has 16 heavy (non-hydrogen) atoms. The third-order valence-corrected chi connectivity index (χ3v) is 3.03. The molecule has 82 valence electrons. The summed E-state index contributed by atoms with van der Waals surface area (Å²) in [6, 6.07) is 7.96. The van der Waals surface area contributed by atoms with Gasteiger partial charge < -0.3 is 9.74 Å². The smallest absolute Gasteiger partial charge is 0.157 e. The predicted molar refractivity (Wildman–Crippen MR) is 63.4 cm³/mol. The number of rotatable bonds is 2. The molecule has 1 fully saturated rings. The van der Waals surface area contributed by atoms with Crippen LogP contribution >= 0.6 is 0 Å². The third-order valence-electron chi connectivity index (χ3n) is 3.03. The number of benzene rings is 1. The van der Waals surface area contributed by atoms with Crippen LogP contribution in [0.2, 0.25) is 0 Å². The lowest BCUT2D eigenvalue weighted by Crippen LogP contribution is -2.36. The minimum Gasteiger partial charge on any atom is -0.411 e. The zero-order valence-electron chi connectivity index (χ0n) is 8.89. The van der Waals surface area contributed by atoms with Gasteiger partial charge in [0.1, 0.15) is 0 Å². The highest BCUT2D eigenvalue weighted by atomic mass is 16.6. The van der Waals surface area contributed by atoms with Crippen molar-refractivity contribution in [1.29, 1.82) is 0 Å². The summed E-state index contributed by atoms with van der Waals surface area (Å²) in [7, 11) is 0. The van der Waals surface area contributed by atoms with E-state index in [-0.39, 0.29) is 0 Å². The van der Waals surface area contributed by atoms with Crippen molar-refractivity contribution in [3.05, 3.63) is 30.5 Å². The SMILES string of the molecule is NOc1ccnc2ccc(N3CCC3)cc12. The Hall–Kier alpha value is -1.81. The van der Waals surface area contributed by atoms with Gasteiger partial charge in [-0.05, 0) is 24.6 Å². The van der Waals surface area contributed by atoms with Crippen LogP contribution in [0.1, 0.15) is 6.42 Å². The van der Waals surface area contributed by atoms with Gasteiger partial charge in [-0.15, -0.1) is 0 Å². The fourth-order valence-corrected chi connectivity index (χ4v) is 1.98. The van der Waals surface area contributed by atoms with Crippen LogP contribution < -0.4 is 15.6 Å². The van der Waals surface area contributed by atoms with Crippen molar-refractivity contribution in [1.82, 2.24) is 4.98 Å². The molecule has 1 aromatic carbocycles. The van der Waals surface area contributed by atoms with Gasteiger partial charge >= 0.3 is 0 Å². The van der Waals surface area contributed by atoms with Crippen molar-refractivity contribution in [3.63, 3.8) is 0 Å². The number of hydrogen-bond donors (Lipinski definition) is 1. The Kier molecular flexibility index (Phi) is 2.15. The van der Waals surface area contributed by atoms with E-state index in [0.717, 1.165) is 24.0 Å². The fourth-order valence-electron chi connectivity index (χ4n) is 1.98. The average Bonchev–Trinajstić information content (AvgIpc) is 2.26. The van der Waals surface area contributed by atoms with Crippen LogP contribution in [0.4, 0.5) is 5.69 Å². The average molecular weight is 215 g/mol. The summed E-state index contributed by atoms with van der Waals surface area (Å²) in [6.07, 6.45) is 2.97. The highest BCUT2D eigenvalue weighted by molar-refractivity contribution is 5.88. The van der Waals surface area contributed by atoms with Gasteiger partial charge in [0.15, 0.2) is 5.75 Å². The summed E-state index contributed by atoms with van der Waals surface area (Å²) >= 11 is 0. The monoisotopic (exact) mass is 215 g/mol. The van der Waals surface area contributed by atoms with E-state index in [0.29, 0.717) is 5.75 Å². The van der Waals surface area contributed by atoms with E-state index in [1.807, 2.05) is 6.07 Å². The molecular weight excluding hydrogens is 202 g/mol. The van der Waals surface area contributed by atoms with Gasteiger partial charge in [-0.2, -0.15) is 5.90 Å². The lowest BCUT2D eigenvalue weighted by atomic mass is 10.1.